The summed E-state index contributed by atoms with van der Waals surface area (Å²) in [4.78, 5) is 8.43. The third kappa shape index (κ3) is 8.47. The van der Waals surface area contributed by atoms with Gasteiger partial charge in [0.2, 0.25) is 0 Å². The monoisotopic (exact) mass is 246 g/mol. The first-order valence-corrected chi connectivity index (χ1v) is 5.14. The number of phenols is 2. The van der Waals surface area contributed by atoms with Crippen LogP contribution in [-0.4, -0.2) is 33.0 Å². The van der Waals surface area contributed by atoms with Gasteiger partial charge in [0.25, 0.3) is 0 Å². The molecule has 1 aromatic carbocycles. The molecule has 0 radical (unpaired) electrons. The number of aromatic hydroxyl groups is 2. The van der Waals surface area contributed by atoms with Crippen LogP contribution >= 0.6 is 0 Å². The van der Waals surface area contributed by atoms with E-state index >= 15 is 0 Å². The van der Waals surface area contributed by atoms with Crippen molar-refractivity contribution in [2.24, 2.45) is 0 Å². The average Bonchev–Trinajstić information content (AvgIpc) is 2.27. The van der Waals surface area contributed by atoms with Gasteiger partial charge >= 0.3 is 5.97 Å². The minimum absolute atomic E-state index is 0.0764. The van der Waals surface area contributed by atoms with Crippen LogP contribution in [0.25, 0.3) is 0 Å². The van der Waals surface area contributed by atoms with Crippen molar-refractivity contribution in [2.45, 2.75) is 26.2 Å². The quantitative estimate of drug-likeness (QED) is 0.361. The fourth-order valence-electron chi connectivity index (χ4n) is 0.705. The van der Waals surface area contributed by atoms with Gasteiger partial charge in [-0.3, -0.25) is 0 Å². The summed E-state index contributed by atoms with van der Waals surface area (Å²) in [5.41, 5.74) is 0. The summed E-state index contributed by atoms with van der Waals surface area (Å²) in [5.74, 6) is -1.95. The molecule has 17 heavy (non-hydrogen) atoms. The lowest BCUT2D eigenvalue weighted by Crippen LogP contribution is -2.30. The van der Waals surface area contributed by atoms with Crippen molar-refractivity contribution in [2.75, 3.05) is 6.61 Å². The second-order valence-corrected chi connectivity index (χ2v) is 3.11. The second kappa shape index (κ2) is 7.86. The van der Waals surface area contributed by atoms with Crippen molar-refractivity contribution in [1.82, 2.24) is 0 Å². The van der Waals surface area contributed by atoms with E-state index in [4.69, 9.17) is 20.4 Å². The third-order valence-corrected chi connectivity index (χ3v) is 1.60. The van der Waals surface area contributed by atoms with Gasteiger partial charge in [0, 0.05) is 12.5 Å². The van der Waals surface area contributed by atoms with Gasteiger partial charge in [0.05, 0.1) is 6.61 Å². The minimum Gasteiger partial charge on any atom is -0.508 e. The number of benzene rings is 1. The van der Waals surface area contributed by atoms with Gasteiger partial charge in [-0.2, -0.15) is 4.89 Å². The average molecular weight is 246 g/mol. The van der Waals surface area contributed by atoms with Crippen LogP contribution in [0, 0.1) is 0 Å². The molecular formula is C11H18O6. The Hall–Kier alpha value is -1.34. The molecule has 0 aliphatic carbocycles. The van der Waals surface area contributed by atoms with Crippen molar-refractivity contribution in [3.8, 4) is 11.5 Å². The Morgan fingerprint density at radius 2 is 1.65 bits per heavy atom. The zero-order valence-corrected chi connectivity index (χ0v) is 9.83. The maximum Gasteiger partial charge on any atom is 0.306 e. The highest BCUT2D eigenvalue weighted by molar-refractivity contribution is 5.30. The molecule has 1 aromatic rings. The molecule has 0 aromatic heterocycles. The van der Waals surface area contributed by atoms with E-state index in [0.29, 0.717) is 6.61 Å². The molecule has 0 heterocycles. The molecule has 0 saturated carbocycles. The van der Waals surface area contributed by atoms with Gasteiger partial charge in [-0.15, -0.1) is 0 Å². The zero-order chi connectivity index (χ0) is 13.3. The molecule has 0 aliphatic rings. The fraction of sp³-hybridized carbons (Fsp3) is 0.455. The molecule has 0 spiro atoms. The third-order valence-electron chi connectivity index (χ3n) is 1.60. The van der Waals surface area contributed by atoms with E-state index in [1.807, 2.05) is 0 Å². The Labute approximate surface area is 99.6 Å². The Balaban J connectivity index is 0.000000302. The summed E-state index contributed by atoms with van der Waals surface area (Å²) in [6, 6.07) is 5.85. The number of phenolic OH excluding ortho intramolecular Hbond substituents is 2. The van der Waals surface area contributed by atoms with Crippen LogP contribution in [-0.2, 0) is 9.78 Å². The van der Waals surface area contributed by atoms with Crippen LogP contribution in [0.4, 0.5) is 0 Å². The smallest absolute Gasteiger partial charge is 0.306 e. The van der Waals surface area contributed by atoms with Crippen LogP contribution in [0.15, 0.2) is 24.3 Å². The van der Waals surface area contributed by atoms with Gasteiger partial charge in [-0.05, 0) is 19.1 Å². The summed E-state index contributed by atoms with van der Waals surface area (Å²) < 4.78 is 0. The van der Waals surface area contributed by atoms with Crippen molar-refractivity contribution in [3.05, 3.63) is 24.3 Å². The maximum absolute atomic E-state index is 8.66. The van der Waals surface area contributed by atoms with E-state index in [0.717, 1.165) is 0 Å². The second-order valence-electron chi connectivity index (χ2n) is 3.11. The number of rotatable bonds is 4. The SMILES string of the molecule is CCOOC(O)(O)CC.Oc1cccc(O)c1. The Kier molecular flexibility index (Phi) is 7.24. The molecule has 6 heteroatoms. The number of hydrogen-bond acceptors (Lipinski definition) is 6. The molecule has 4 N–H and O–H groups in total. The van der Waals surface area contributed by atoms with E-state index < -0.39 is 5.97 Å². The van der Waals surface area contributed by atoms with Gasteiger partial charge in [0.1, 0.15) is 11.5 Å². The predicted molar refractivity (Wildman–Crippen MR) is 59.9 cm³/mol. The van der Waals surface area contributed by atoms with Gasteiger partial charge in [0.15, 0.2) is 0 Å². The van der Waals surface area contributed by atoms with Crippen LogP contribution < -0.4 is 0 Å². The first-order chi connectivity index (χ1) is 7.91. The standard InChI is InChI=1S/C6H6O2.C5H12O4/c7-5-2-1-3-6(8)4-5;1-3-5(6,7)9-8-4-2/h1-4,7-8H;6-7H,3-4H2,1-2H3. The van der Waals surface area contributed by atoms with Crippen LogP contribution in [0.5, 0.6) is 11.5 Å². The summed E-state index contributed by atoms with van der Waals surface area (Å²) in [6.45, 7) is 3.55. The maximum atomic E-state index is 8.66. The van der Waals surface area contributed by atoms with Crippen molar-refractivity contribution in [3.63, 3.8) is 0 Å². The highest BCUT2D eigenvalue weighted by Gasteiger charge is 2.21. The largest absolute Gasteiger partial charge is 0.508 e. The molecule has 0 unspecified atom stereocenters. The van der Waals surface area contributed by atoms with Crippen LogP contribution in [0.2, 0.25) is 0 Å². The molecule has 0 amide bonds. The van der Waals surface area contributed by atoms with Crippen molar-refractivity contribution in [1.29, 1.82) is 0 Å². The minimum atomic E-state index is -2.13. The molecule has 1 rings (SSSR count). The van der Waals surface area contributed by atoms with Crippen LogP contribution in [0.1, 0.15) is 20.3 Å². The first-order valence-electron chi connectivity index (χ1n) is 5.14. The molecule has 0 atom stereocenters. The topological polar surface area (TPSA) is 99.4 Å². The van der Waals surface area contributed by atoms with E-state index in [1.54, 1.807) is 19.9 Å². The van der Waals surface area contributed by atoms with Crippen molar-refractivity contribution < 1.29 is 30.2 Å². The summed E-state index contributed by atoms with van der Waals surface area (Å²) in [6.07, 6.45) is 0.0764. The molecule has 98 valence electrons. The first kappa shape index (κ1) is 15.7. The Bertz CT molecular complexity index is 295. The number of aliphatic hydroxyl groups is 2. The van der Waals surface area contributed by atoms with Gasteiger partial charge in [-0.25, -0.2) is 4.89 Å². The Morgan fingerprint density at radius 1 is 1.12 bits per heavy atom. The molecule has 0 fully saturated rings. The molecular weight excluding hydrogens is 228 g/mol. The lowest BCUT2D eigenvalue weighted by Gasteiger charge is -2.16. The highest BCUT2D eigenvalue weighted by atomic mass is 17.2. The van der Waals surface area contributed by atoms with E-state index in [9.17, 15) is 0 Å². The molecule has 0 aliphatic heterocycles. The fourth-order valence-corrected chi connectivity index (χ4v) is 0.705. The van der Waals surface area contributed by atoms with Gasteiger partial charge < -0.3 is 20.4 Å². The summed E-state index contributed by atoms with van der Waals surface area (Å²) in [7, 11) is 0. The Morgan fingerprint density at radius 3 is 1.94 bits per heavy atom. The van der Waals surface area contributed by atoms with Crippen LogP contribution in [0.3, 0.4) is 0 Å². The normalized spacial score (nSPS) is 10.6. The van der Waals surface area contributed by atoms with E-state index in [-0.39, 0.29) is 17.9 Å². The molecule has 6 nitrogen and oxygen atoms in total. The molecule has 0 bridgehead atoms. The summed E-state index contributed by atoms with van der Waals surface area (Å²) >= 11 is 0. The van der Waals surface area contributed by atoms with Crippen molar-refractivity contribution >= 4 is 0 Å². The highest BCUT2D eigenvalue weighted by Crippen LogP contribution is 2.14. The lowest BCUT2D eigenvalue weighted by atomic mass is 10.3. The zero-order valence-electron chi connectivity index (χ0n) is 9.83. The van der Waals surface area contributed by atoms with Gasteiger partial charge in [-0.1, -0.05) is 13.0 Å². The summed E-state index contributed by atoms with van der Waals surface area (Å²) in [5, 5.41) is 34.6. The van der Waals surface area contributed by atoms with E-state index in [2.05, 4.69) is 9.78 Å². The number of hydrogen-bond donors (Lipinski definition) is 4. The lowest BCUT2D eigenvalue weighted by molar-refractivity contribution is -0.487. The molecule has 0 saturated heterocycles. The predicted octanol–water partition coefficient (Wildman–Crippen LogP) is 1.10. The van der Waals surface area contributed by atoms with E-state index in [1.165, 1.54) is 18.2 Å².